The van der Waals surface area contributed by atoms with Gasteiger partial charge in [-0.1, -0.05) is 0 Å². The van der Waals surface area contributed by atoms with Crippen LogP contribution in [0.1, 0.15) is 0 Å². The largest absolute Gasteiger partial charge is 0.497 e. The Morgan fingerprint density at radius 3 is 2.71 bits per heavy atom. The SMILES string of the molecule is COc1ccc([N+](=O)[O-])c(N2CCNCC2)c1. The Labute approximate surface area is 99.3 Å². The van der Waals surface area contributed by atoms with Crippen LogP contribution in [0.2, 0.25) is 0 Å². The number of rotatable bonds is 3. The number of hydrogen-bond acceptors (Lipinski definition) is 5. The van der Waals surface area contributed by atoms with Crippen molar-refractivity contribution in [2.24, 2.45) is 0 Å². The third kappa shape index (κ3) is 2.47. The van der Waals surface area contributed by atoms with E-state index in [2.05, 4.69) is 5.32 Å². The zero-order valence-electron chi connectivity index (χ0n) is 9.68. The van der Waals surface area contributed by atoms with Gasteiger partial charge in [0.2, 0.25) is 0 Å². The van der Waals surface area contributed by atoms with E-state index < -0.39 is 0 Å². The molecule has 0 atom stereocenters. The van der Waals surface area contributed by atoms with E-state index in [1.807, 2.05) is 4.90 Å². The molecule has 92 valence electrons. The first kappa shape index (κ1) is 11.7. The number of piperazine rings is 1. The highest BCUT2D eigenvalue weighted by Crippen LogP contribution is 2.32. The number of anilines is 1. The Kier molecular flexibility index (Phi) is 3.43. The van der Waals surface area contributed by atoms with Gasteiger partial charge in [-0.2, -0.15) is 0 Å². The van der Waals surface area contributed by atoms with E-state index in [0.717, 1.165) is 26.2 Å². The summed E-state index contributed by atoms with van der Waals surface area (Å²) in [6.45, 7) is 3.23. The number of benzene rings is 1. The standard InChI is InChI=1S/C11H15N3O3/c1-17-9-2-3-10(14(15)16)11(8-9)13-6-4-12-5-7-13/h2-3,8,12H,4-7H2,1H3. The van der Waals surface area contributed by atoms with Crippen molar-refractivity contribution < 1.29 is 9.66 Å². The minimum Gasteiger partial charge on any atom is -0.497 e. The van der Waals surface area contributed by atoms with Crippen LogP contribution >= 0.6 is 0 Å². The summed E-state index contributed by atoms with van der Waals surface area (Å²) in [6.07, 6.45) is 0. The monoisotopic (exact) mass is 237 g/mol. The van der Waals surface area contributed by atoms with Crippen LogP contribution in [0.15, 0.2) is 18.2 Å². The van der Waals surface area contributed by atoms with Crippen LogP contribution in [0.25, 0.3) is 0 Å². The second-order valence-electron chi connectivity index (χ2n) is 3.85. The first-order valence-electron chi connectivity index (χ1n) is 5.50. The molecular formula is C11H15N3O3. The molecule has 1 saturated heterocycles. The van der Waals surface area contributed by atoms with E-state index in [-0.39, 0.29) is 10.6 Å². The number of hydrogen-bond donors (Lipinski definition) is 1. The van der Waals surface area contributed by atoms with Crippen LogP contribution in [-0.2, 0) is 0 Å². The van der Waals surface area contributed by atoms with Crippen molar-refractivity contribution in [1.29, 1.82) is 0 Å². The number of ether oxygens (including phenoxy) is 1. The van der Waals surface area contributed by atoms with Gasteiger partial charge in [0, 0.05) is 38.3 Å². The Morgan fingerprint density at radius 1 is 1.41 bits per heavy atom. The minimum absolute atomic E-state index is 0.132. The molecule has 0 spiro atoms. The molecule has 1 aromatic rings. The summed E-state index contributed by atoms with van der Waals surface area (Å²) in [5, 5.41) is 14.2. The zero-order valence-corrected chi connectivity index (χ0v) is 9.68. The topological polar surface area (TPSA) is 67.6 Å². The second-order valence-corrected chi connectivity index (χ2v) is 3.85. The average Bonchev–Trinajstić information content (AvgIpc) is 2.39. The second kappa shape index (κ2) is 5.01. The summed E-state index contributed by atoms with van der Waals surface area (Å²) in [7, 11) is 1.56. The molecule has 0 aromatic heterocycles. The summed E-state index contributed by atoms with van der Waals surface area (Å²) in [4.78, 5) is 12.6. The quantitative estimate of drug-likeness (QED) is 0.627. The van der Waals surface area contributed by atoms with E-state index in [1.54, 1.807) is 19.2 Å². The van der Waals surface area contributed by atoms with Crippen molar-refractivity contribution in [2.45, 2.75) is 0 Å². The summed E-state index contributed by atoms with van der Waals surface area (Å²) < 4.78 is 5.12. The smallest absolute Gasteiger partial charge is 0.292 e. The molecule has 1 N–H and O–H groups in total. The number of nitrogens with zero attached hydrogens (tertiary/aromatic N) is 2. The molecule has 0 radical (unpaired) electrons. The lowest BCUT2D eigenvalue weighted by Crippen LogP contribution is -2.43. The molecule has 1 heterocycles. The molecule has 0 saturated carbocycles. The molecule has 0 aliphatic carbocycles. The Hall–Kier alpha value is -1.82. The number of nitrogens with one attached hydrogen (secondary N) is 1. The molecule has 2 rings (SSSR count). The van der Waals surface area contributed by atoms with E-state index in [4.69, 9.17) is 4.74 Å². The number of nitro benzene ring substituents is 1. The van der Waals surface area contributed by atoms with Crippen LogP contribution < -0.4 is 15.0 Å². The molecule has 1 aromatic carbocycles. The molecule has 0 unspecified atom stereocenters. The third-order valence-electron chi connectivity index (χ3n) is 2.84. The fourth-order valence-corrected chi connectivity index (χ4v) is 1.94. The Bertz CT molecular complexity index is 416. The van der Waals surface area contributed by atoms with Crippen LogP contribution in [0.5, 0.6) is 5.75 Å². The summed E-state index contributed by atoms with van der Waals surface area (Å²) in [6, 6.07) is 4.84. The predicted octanol–water partition coefficient (Wildman–Crippen LogP) is 1.01. The maximum absolute atomic E-state index is 11.0. The fourth-order valence-electron chi connectivity index (χ4n) is 1.94. The molecule has 0 bridgehead atoms. The van der Waals surface area contributed by atoms with Gasteiger partial charge in [0.25, 0.3) is 5.69 Å². The number of methoxy groups -OCH3 is 1. The molecule has 6 nitrogen and oxygen atoms in total. The van der Waals surface area contributed by atoms with Gasteiger partial charge in [-0.3, -0.25) is 10.1 Å². The van der Waals surface area contributed by atoms with Gasteiger partial charge in [-0.05, 0) is 6.07 Å². The predicted molar refractivity (Wildman–Crippen MR) is 64.7 cm³/mol. The van der Waals surface area contributed by atoms with Crippen molar-refractivity contribution >= 4 is 11.4 Å². The Morgan fingerprint density at radius 2 is 2.12 bits per heavy atom. The molecule has 1 aliphatic heterocycles. The maximum atomic E-state index is 11.0. The number of nitro groups is 1. The molecule has 17 heavy (non-hydrogen) atoms. The first-order valence-corrected chi connectivity index (χ1v) is 5.50. The maximum Gasteiger partial charge on any atom is 0.292 e. The van der Waals surface area contributed by atoms with Gasteiger partial charge in [0.05, 0.1) is 12.0 Å². The molecule has 1 aliphatic rings. The van der Waals surface area contributed by atoms with E-state index in [0.29, 0.717) is 11.4 Å². The lowest BCUT2D eigenvalue weighted by molar-refractivity contribution is -0.384. The van der Waals surface area contributed by atoms with Gasteiger partial charge < -0.3 is 15.0 Å². The van der Waals surface area contributed by atoms with Crippen molar-refractivity contribution in [3.63, 3.8) is 0 Å². The van der Waals surface area contributed by atoms with Gasteiger partial charge in [-0.15, -0.1) is 0 Å². The van der Waals surface area contributed by atoms with Crippen molar-refractivity contribution in [3.05, 3.63) is 28.3 Å². The van der Waals surface area contributed by atoms with Crippen LogP contribution in [-0.4, -0.2) is 38.2 Å². The van der Waals surface area contributed by atoms with E-state index in [9.17, 15) is 10.1 Å². The van der Waals surface area contributed by atoms with E-state index in [1.165, 1.54) is 6.07 Å². The lowest BCUT2D eigenvalue weighted by atomic mass is 10.2. The molecule has 0 amide bonds. The van der Waals surface area contributed by atoms with Gasteiger partial charge >= 0.3 is 0 Å². The van der Waals surface area contributed by atoms with Crippen molar-refractivity contribution in [3.8, 4) is 5.75 Å². The van der Waals surface area contributed by atoms with Gasteiger partial charge in [0.15, 0.2) is 0 Å². The Balaban J connectivity index is 2.36. The molecule has 1 fully saturated rings. The summed E-state index contributed by atoms with van der Waals surface area (Å²) in [5.74, 6) is 0.643. The van der Waals surface area contributed by atoms with Crippen molar-refractivity contribution in [2.75, 3.05) is 38.2 Å². The average molecular weight is 237 g/mol. The zero-order chi connectivity index (χ0) is 12.3. The normalized spacial score (nSPS) is 15.7. The summed E-state index contributed by atoms with van der Waals surface area (Å²) >= 11 is 0. The van der Waals surface area contributed by atoms with Crippen LogP contribution in [0.3, 0.4) is 0 Å². The van der Waals surface area contributed by atoms with Crippen molar-refractivity contribution in [1.82, 2.24) is 5.32 Å². The molecular weight excluding hydrogens is 222 g/mol. The highest BCUT2D eigenvalue weighted by Gasteiger charge is 2.21. The van der Waals surface area contributed by atoms with Crippen LogP contribution in [0, 0.1) is 10.1 Å². The molecule has 6 heteroatoms. The third-order valence-corrected chi connectivity index (χ3v) is 2.84. The van der Waals surface area contributed by atoms with Gasteiger partial charge in [0.1, 0.15) is 11.4 Å². The van der Waals surface area contributed by atoms with Gasteiger partial charge in [-0.25, -0.2) is 0 Å². The highest BCUT2D eigenvalue weighted by atomic mass is 16.6. The van der Waals surface area contributed by atoms with Crippen LogP contribution in [0.4, 0.5) is 11.4 Å². The van der Waals surface area contributed by atoms with E-state index >= 15 is 0 Å². The highest BCUT2D eigenvalue weighted by molar-refractivity contribution is 5.66. The first-order chi connectivity index (χ1) is 8.22. The summed E-state index contributed by atoms with van der Waals surface area (Å²) in [5.41, 5.74) is 0.767. The fraction of sp³-hybridized carbons (Fsp3) is 0.455. The minimum atomic E-state index is -0.350. The lowest BCUT2D eigenvalue weighted by Gasteiger charge is -2.29.